The first-order valence-corrected chi connectivity index (χ1v) is 6.12. The molecule has 2 rings (SSSR count). The third-order valence-electron chi connectivity index (χ3n) is 4.18. The van der Waals surface area contributed by atoms with Crippen molar-refractivity contribution in [1.29, 1.82) is 0 Å². The van der Waals surface area contributed by atoms with E-state index in [9.17, 15) is 4.79 Å². The number of carbonyl (C=O) groups is 1. The fourth-order valence-electron chi connectivity index (χ4n) is 2.82. The summed E-state index contributed by atoms with van der Waals surface area (Å²) in [5.74, 6) is -0.716. The minimum atomic E-state index is -0.716. The molecule has 0 saturated carbocycles. The minimum absolute atomic E-state index is 0.116. The second kappa shape index (κ2) is 4.15. The molecule has 2 N–H and O–H groups in total. The van der Waals surface area contributed by atoms with Gasteiger partial charge in [0.1, 0.15) is 5.69 Å². The van der Waals surface area contributed by atoms with Gasteiger partial charge in [-0.3, -0.25) is 9.69 Å². The molecular formula is C14H20NO2+. The van der Waals surface area contributed by atoms with E-state index >= 15 is 0 Å². The van der Waals surface area contributed by atoms with E-state index in [1.165, 1.54) is 16.2 Å². The molecule has 1 aliphatic rings. The molecule has 0 saturated heterocycles. The average Bonchev–Trinajstić information content (AvgIpc) is 2.47. The van der Waals surface area contributed by atoms with Crippen LogP contribution in [0, 0.1) is 0 Å². The quantitative estimate of drug-likeness (QED) is 0.829. The summed E-state index contributed by atoms with van der Waals surface area (Å²) in [7, 11) is 0. The Morgan fingerprint density at radius 1 is 1.41 bits per heavy atom. The molecule has 2 atom stereocenters. The lowest BCUT2D eigenvalue weighted by Crippen LogP contribution is -3.10. The van der Waals surface area contributed by atoms with Gasteiger partial charge in [-0.05, 0) is 26.8 Å². The number of carboxylic acids is 1. The molecule has 0 fully saturated rings. The smallest absolute Gasteiger partial charge is 0.309 e. The van der Waals surface area contributed by atoms with E-state index in [1.54, 1.807) is 0 Å². The van der Waals surface area contributed by atoms with Crippen LogP contribution >= 0.6 is 0 Å². The zero-order chi connectivity index (χ0) is 12.6. The summed E-state index contributed by atoms with van der Waals surface area (Å²) in [6.07, 6.45) is 0.226. The number of carboxylic acid groups (broad SMARTS) is 1. The Morgan fingerprint density at radius 3 is 2.71 bits per heavy atom. The highest BCUT2D eigenvalue weighted by atomic mass is 16.4. The van der Waals surface area contributed by atoms with Crippen LogP contribution in [-0.2, 0) is 10.2 Å². The van der Waals surface area contributed by atoms with Crippen molar-refractivity contribution in [3.8, 4) is 0 Å². The van der Waals surface area contributed by atoms with Gasteiger partial charge in [0.05, 0.1) is 19.0 Å². The van der Waals surface area contributed by atoms with E-state index in [2.05, 4.69) is 39.0 Å². The zero-order valence-electron chi connectivity index (χ0n) is 10.7. The molecule has 3 nitrogen and oxygen atoms in total. The number of aliphatic carboxylic acids is 1. The summed E-state index contributed by atoms with van der Waals surface area (Å²) in [6.45, 7) is 7.35. The second-order valence-electron chi connectivity index (χ2n) is 5.41. The van der Waals surface area contributed by atoms with Crippen molar-refractivity contribution in [2.45, 2.75) is 38.6 Å². The van der Waals surface area contributed by atoms with E-state index in [0.29, 0.717) is 12.6 Å². The monoisotopic (exact) mass is 234 g/mol. The van der Waals surface area contributed by atoms with Crippen LogP contribution in [0.3, 0.4) is 0 Å². The Bertz CT molecular complexity index is 440. The van der Waals surface area contributed by atoms with Crippen LogP contribution in [0.1, 0.15) is 32.8 Å². The fourth-order valence-corrected chi connectivity index (χ4v) is 2.82. The van der Waals surface area contributed by atoms with Gasteiger partial charge in [-0.2, -0.15) is 0 Å². The molecule has 0 radical (unpaired) electrons. The normalized spacial score (nSPS) is 25.6. The van der Waals surface area contributed by atoms with Gasteiger partial charge in [-0.15, -0.1) is 0 Å². The van der Waals surface area contributed by atoms with Crippen LogP contribution in [0.25, 0.3) is 0 Å². The number of quaternary nitrogens is 1. The summed E-state index contributed by atoms with van der Waals surface area (Å²) in [5, 5.41) is 8.82. The molecule has 92 valence electrons. The first-order valence-electron chi connectivity index (χ1n) is 6.12. The van der Waals surface area contributed by atoms with Gasteiger partial charge in [-0.1, -0.05) is 18.2 Å². The predicted octanol–water partition coefficient (Wildman–Crippen LogP) is 1.36. The Hall–Kier alpha value is -1.35. The SMILES string of the molecule is CC1[NH+](CCC(=O)O)c2ccccc2C1(C)C. The lowest BCUT2D eigenvalue weighted by Gasteiger charge is -2.26. The highest BCUT2D eigenvalue weighted by Crippen LogP contribution is 2.35. The van der Waals surface area contributed by atoms with Crippen LogP contribution in [0.4, 0.5) is 5.69 Å². The van der Waals surface area contributed by atoms with Crippen LogP contribution in [0.15, 0.2) is 24.3 Å². The number of hydrogen-bond acceptors (Lipinski definition) is 1. The molecule has 1 heterocycles. The molecule has 3 heteroatoms. The maximum absolute atomic E-state index is 10.7. The lowest BCUT2D eigenvalue weighted by molar-refractivity contribution is -0.855. The van der Waals surface area contributed by atoms with Crippen molar-refractivity contribution in [3.63, 3.8) is 0 Å². The third kappa shape index (κ3) is 1.95. The summed E-state index contributed by atoms with van der Waals surface area (Å²) in [5.41, 5.74) is 2.74. The number of fused-ring (bicyclic) bond motifs is 1. The fraction of sp³-hybridized carbons (Fsp3) is 0.500. The summed E-state index contributed by atoms with van der Waals surface area (Å²) in [4.78, 5) is 12.0. The number of hydrogen-bond donors (Lipinski definition) is 2. The highest BCUT2D eigenvalue weighted by Gasteiger charge is 2.46. The second-order valence-corrected chi connectivity index (χ2v) is 5.41. The Morgan fingerprint density at radius 2 is 2.06 bits per heavy atom. The summed E-state index contributed by atoms with van der Waals surface area (Å²) >= 11 is 0. The first-order chi connectivity index (χ1) is 7.94. The van der Waals surface area contributed by atoms with Crippen molar-refractivity contribution in [3.05, 3.63) is 29.8 Å². The standard InChI is InChI=1S/C14H19NO2/c1-10-14(2,3)11-6-4-5-7-12(11)15(10)9-8-13(16)17/h4-7,10H,8-9H2,1-3H3,(H,16,17)/p+1. The Kier molecular flexibility index (Phi) is 2.96. The Labute approximate surface area is 102 Å². The molecule has 1 aromatic carbocycles. The number of para-hydroxylation sites is 1. The maximum atomic E-state index is 10.7. The Balaban J connectivity index is 2.32. The van der Waals surface area contributed by atoms with Gasteiger partial charge >= 0.3 is 5.97 Å². The lowest BCUT2D eigenvalue weighted by atomic mass is 9.81. The van der Waals surface area contributed by atoms with Crippen molar-refractivity contribution >= 4 is 11.7 Å². The van der Waals surface area contributed by atoms with Crippen LogP contribution in [0.5, 0.6) is 0 Å². The predicted molar refractivity (Wildman–Crippen MR) is 66.7 cm³/mol. The van der Waals surface area contributed by atoms with Gasteiger partial charge < -0.3 is 5.11 Å². The van der Waals surface area contributed by atoms with Gasteiger partial charge in [0.15, 0.2) is 0 Å². The van der Waals surface area contributed by atoms with Crippen LogP contribution in [-0.4, -0.2) is 23.7 Å². The van der Waals surface area contributed by atoms with E-state index < -0.39 is 5.97 Å². The van der Waals surface area contributed by atoms with E-state index in [0.717, 1.165) is 0 Å². The van der Waals surface area contributed by atoms with E-state index in [-0.39, 0.29) is 11.8 Å². The molecule has 0 amide bonds. The van der Waals surface area contributed by atoms with Crippen molar-refractivity contribution < 1.29 is 14.8 Å². The van der Waals surface area contributed by atoms with E-state index in [4.69, 9.17) is 5.11 Å². The molecule has 0 spiro atoms. The number of rotatable bonds is 3. The largest absolute Gasteiger partial charge is 0.481 e. The van der Waals surface area contributed by atoms with Crippen molar-refractivity contribution in [2.24, 2.45) is 0 Å². The molecule has 0 bridgehead atoms. The minimum Gasteiger partial charge on any atom is -0.481 e. The average molecular weight is 234 g/mol. The summed E-state index contributed by atoms with van der Waals surface area (Å²) < 4.78 is 0. The maximum Gasteiger partial charge on any atom is 0.309 e. The van der Waals surface area contributed by atoms with Gasteiger partial charge in [0, 0.05) is 11.0 Å². The zero-order valence-corrected chi connectivity index (χ0v) is 10.7. The number of nitrogens with one attached hydrogen (secondary N) is 1. The number of benzene rings is 1. The van der Waals surface area contributed by atoms with Gasteiger partial charge in [-0.25, -0.2) is 0 Å². The molecule has 1 aromatic rings. The molecule has 0 aromatic heterocycles. The topological polar surface area (TPSA) is 41.7 Å². The van der Waals surface area contributed by atoms with Crippen LogP contribution < -0.4 is 4.90 Å². The van der Waals surface area contributed by atoms with E-state index in [1.807, 2.05) is 6.07 Å². The van der Waals surface area contributed by atoms with Crippen molar-refractivity contribution in [2.75, 3.05) is 6.54 Å². The third-order valence-corrected chi connectivity index (χ3v) is 4.18. The first kappa shape index (κ1) is 12.1. The van der Waals surface area contributed by atoms with Crippen molar-refractivity contribution in [1.82, 2.24) is 0 Å². The molecule has 0 aliphatic carbocycles. The molecule has 1 aliphatic heterocycles. The van der Waals surface area contributed by atoms with Gasteiger partial charge in [0.2, 0.25) is 0 Å². The molecular weight excluding hydrogens is 214 g/mol. The van der Waals surface area contributed by atoms with Gasteiger partial charge in [0.25, 0.3) is 0 Å². The van der Waals surface area contributed by atoms with Crippen LogP contribution in [0.2, 0.25) is 0 Å². The molecule has 17 heavy (non-hydrogen) atoms. The summed E-state index contributed by atoms with van der Waals surface area (Å²) in [6, 6.07) is 8.80. The molecule has 2 unspecified atom stereocenters. The highest BCUT2D eigenvalue weighted by molar-refractivity contribution is 5.66.